The molecule has 5 nitrogen and oxygen atoms in total. The van der Waals surface area contributed by atoms with Crippen LogP contribution in [0.2, 0.25) is 0 Å². The number of aromatic carboxylic acids is 1. The van der Waals surface area contributed by atoms with Gasteiger partial charge in [-0.25, -0.2) is 0 Å². The third-order valence-electron chi connectivity index (χ3n) is 6.08. The van der Waals surface area contributed by atoms with Gasteiger partial charge in [0, 0.05) is 0 Å². The van der Waals surface area contributed by atoms with Crippen molar-refractivity contribution in [3.8, 4) is 5.75 Å². The number of carboxylic acid groups (broad SMARTS) is 1. The van der Waals surface area contributed by atoms with Crippen molar-refractivity contribution < 1.29 is 24.1 Å². The summed E-state index contributed by atoms with van der Waals surface area (Å²) in [5, 5.41) is 11.1. The number of hydrogen-bond donors (Lipinski definition) is 0. The molecule has 0 amide bonds. The molecule has 0 bridgehead atoms. The molecule has 0 saturated heterocycles. The Hall–Kier alpha value is -1.85. The van der Waals surface area contributed by atoms with Crippen LogP contribution in [0, 0.1) is 0 Å². The minimum atomic E-state index is -1.16. The van der Waals surface area contributed by atoms with Crippen LogP contribution >= 0.6 is 0 Å². The number of methoxy groups -OCH3 is 1. The number of carboxylic acids is 1. The molecule has 1 aliphatic rings. The summed E-state index contributed by atoms with van der Waals surface area (Å²) in [5.74, 6) is -0.345. The van der Waals surface area contributed by atoms with Crippen LogP contribution < -0.4 is 18.8 Å². The Balaban J connectivity index is 1.99. The first kappa shape index (κ1) is 23.8. The summed E-state index contributed by atoms with van der Waals surface area (Å²) < 4.78 is 19.0. The predicted octanol–water partition coefficient (Wildman–Crippen LogP) is 2.40. The van der Waals surface area contributed by atoms with Gasteiger partial charge >= 0.3 is 191 Å². The van der Waals surface area contributed by atoms with Crippen LogP contribution in [0.15, 0.2) is 36.4 Å². The van der Waals surface area contributed by atoms with E-state index in [1.54, 1.807) is 19.2 Å². The van der Waals surface area contributed by atoms with Gasteiger partial charge in [0.05, 0.1) is 0 Å². The minimum absolute atomic E-state index is 0.0562. The molecule has 6 heteroatoms. The molecule has 0 fully saturated rings. The average molecular weight is 490 g/mol. The van der Waals surface area contributed by atoms with Crippen LogP contribution in [0.5, 0.6) is 5.75 Å². The zero-order valence-corrected chi connectivity index (χ0v) is 20.8. The van der Waals surface area contributed by atoms with Crippen molar-refractivity contribution in [3.63, 3.8) is 0 Å². The van der Waals surface area contributed by atoms with E-state index < -0.39 is 5.97 Å². The molecule has 0 aliphatic heterocycles. The Morgan fingerprint density at radius 2 is 1.65 bits per heavy atom. The van der Waals surface area contributed by atoms with E-state index >= 15 is 0 Å². The number of ether oxygens (including phenoxy) is 3. The summed E-state index contributed by atoms with van der Waals surface area (Å²) in [4.78, 5) is 11.1. The van der Waals surface area contributed by atoms with Crippen molar-refractivity contribution in [1.82, 2.24) is 0 Å². The third kappa shape index (κ3) is 5.50. The Morgan fingerprint density at radius 1 is 1.06 bits per heavy atom. The summed E-state index contributed by atoms with van der Waals surface area (Å²) in [7, 11) is 1.60. The third-order valence-corrected chi connectivity index (χ3v) is 8.28. The van der Waals surface area contributed by atoms with Gasteiger partial charge in [-0.05, 0) is 0 Å². The van der Waals surface area contributed by atoms with E-state index in [9.17, 15) is 9.90 Å². The molecule has 1 aliphatic carbocycles. The van der Waals surface area contributed by atoms with Crippen LogP contribution in [0.3, 0.4) is 0 Å². The molecule has 0 N–H and O–H groups in total. The van der Waals surface area contributed by atoms with Crippen LogP contribution in [-0.2, 0) is 20.3 Å². The van der Waals surface area contributed by atoms with Gasteiger partial charge in [-0.15, -0.1) is 0 Å². The molecule has 0 spiro atoms. The average Bonchev–Trinajstić information content (AvgIpc) is 2.72. The molecule has 3 rings (SSSR count). The first-order valence-electron chi connectivity index (χ1n) is 10.5. The fraction of sp³-hybridized carbons (Fsp3) is 0.480. The molecule has 1 atom stereocenters. The fourth-order valence-electron chi connectivity index (χ4n) is 3.81. The quantitative estimate of drug-likeness (QED) is 0.420. The van der Waals surface area contributed by atoms with Crippen molar-refractivity contribution in [2.75, 3.05) is 13.9 Å². The van der Waals surface area contributed by atoms with Gasteiger partial charge in [0.1, 0.15) is 0 Å². The number of benzene rings is 2. The van der Waals surface area contributed by atoms with Crippen molar-refractivity contribution in [3.05, 3.63) is 53.1 Å². The Kier molecular flexibility index (Phi) is 7.17. The molecule has 2 aromatic carbocycles. The van der Waals surface area contributed by atoms with Crippen LogP contribution in [-0.4, -0.2) is 41.1 Å². The van der Waals surface area contributed by atoms with Gasteiger partial charge in [-0.1, -0.05) is 0 Å². The number of hydrogen-bond acceptors (Lipinski definition) is 5. The van der Waals surface area contributed by atoms with Gasteiger partial charge in [0.15, 0.2) is 0 Å². The Morgan fingerprint density at radius 3 is 2.19 bits per heavy atom. The SMILES string of the molecule is COC(C)OCOc1cc2c(cc1[Se]c1ccc(C(=O)[O-])cc1)C(C)(C)CCC2(C)C. The number of carbonyl (C=O) groups is 1. The molecule has 31 heavy (non-hydrogen) atoms. The predicted molar refractivity (Wildman–Crippen MR) is 121 cm³/mol. The summed E-state index contributed by atoms with van der Waals surface area (Å²) >= 11 is -0.0562. The number of fused-ring (bicyclic) bond motifs is 1. The van der Waals surface area contributed by atoms with E-state index in [-0.39, 0.29) is 44.4 Å². The van der Waals surface area contributed by atoms with E-state index in [0.717, 1.165) is 27.5 Å². The van der Waals surface area contributed by atoms with Crippen molar-refractivity contribution in [2.45, 2.75) is 64.6 Å². The van der Waals surface area contributed by atoms with E-state index in [2.05, 4.69) is 39.8 Å². The van der Waals surface area contributed by atoms with Crippen LogP contribution in [0.4, 0.5) is 0 Å². The maximum absolute atomic E-state index is 11.1. The second-order valence-corrected chi connectivity index (χ2v) is 11.6. The standard InChI is InChI=1S/C25H32O5Se/c1-16(28-6)29-15-30-21-13-19-20(25(4,5)12-11-24(19,2)3)14-22(21)31-18-9-7-17(8-10-18)23(26)27/h7-10,13-14,16H,11-12,15H2,1-6H3,(H,26,27)/p-1. The van der Waals surface area contributed by atoms with E-state index in [4.69, 9.17) is 14.2 Å². The molecule has 0 saturated carbocycles. The molecule has 0 heterocycles. The van der Waals surface area contributed by atoms with Crippen LogP contribution in [0.1, 0.15) is 68.9 Å². The molecule has 1 unspecified atom stereocenters. The zero-order valence-electron chi connectivity index (χ0n) is 19.1. The second-order valence-electron chi connectivity index (χ2n) is 9.26. The first-order chi connectivity index (χ1) is 14.5. The number of rotatable bonds is 8. The van der Waals surface area contributed by atoms with Gasteiger partial charge in [-0.2, -0.15) is 0 Å². The molecule has 2 aromatic rings. The van der Waals surface area contributed by atoms with Crippen molar-refractivity contribution >= 4 is 29.8 Å². The molecule has 0 aromatic heterocycles. The normalized spacial score (nSPS) is 17.6. The first-order valence-corrected chi connectivity index (χ1v) is 12.2. The second kappa shape index (κ2) is 9.33. The molecular weight excluding hydrogens is 459 g/mol. The fourth-order valence-corrected chi connectivity index (χ4v) is 5.75. The molecule has 168 valence electrons. The van der Waals surface area contributed by atoms with Gasteiger partial charge in [0.25, 0.3) is 0 Å². The van der Waals surface area contributed by atoms with E-state index in [0.29, 0.717) is 0 Å². The zero-order chi connectivity index (χ0) is 22.8. The summed E-state index contributed by atoms with van der Waals surface area (Å²) in [6.07, 6.45) is 1.91. The van der Waals surface area contributed by atoms with Crippen molar-refractivity contribution in [2.24, 2.45) is 0 Å². The maximum atomic E-state index is 11.1. The monoisotopic (exact) mass is 491 g/mol. The van der Waals surface area contributed by atoms with Gasteiger partial charge in [-0.3, -0.25) is 0 Å². The summed E-state index contributed by atoms with van der Waals surface area (Å²) in [6.45, 7) is 11.1. The number of carbonyl (C=O) groups excluding carboxylic acids is 1. The summed E-state index contributed by atoms with van der Waals surface area (Å²) in [6, 6.07) is 11.4. The van der Waals surface area contributed by atoms with Gasteiger partial charge < -0.3 is 0 Å². The molecule has 0 radical (unpaired) electrons. The van der Waals surface area contributed by atoms with Gasteiger partial charge in [0.2, 0.25) is 0 Å². The summed E-state index contributed by atoms with van der Waals surface area (Å²) in [5.41, 5.74) is 3.04. The molecular formula is C25H31O5Se-. The Labute approximate surface area is 191 Å². The van der Waals surface area contributed by atoms with E-state index in [1.807, 2.05) is 19.1 Å². The topological polar surface area (TPSA) is 67.8 Å². The van der Waals surface area contributed by atoms with Crippen LogP contribution in [0.25, 0.3) is 0 Å². The van der Waals surface area contributed by atoms with E-state index in [1.165, 1.54) is 11.1 Å². The Bertz CT molecular complexity index is 934. The van der Waals surface area contributed by atoms with Crippen molar-refractivity contribution in [1.29, 1.82) is 0 Å².